The van der Waals surface area contributed by atoms with Crippen LogP contribution in [-0.4, -0.2) is 37.3 Å². The largest absolute Gasteiger partial charge is 0.573 e. The third-order valence-electron chi connectivity index (χ3n) is 4.58. The molecule has 2 N–H and O–H groups in total. The maximum atomic E-state index is 12.6. The molecule has 1 aliphatic rings. The topological polar surface area (TPSA) is 68.8 Å². The average Bonchev–Trinajstić information content (AvgIpc) is 3.52. The summed E-state index contributed by atoms with van der Waals surface area (Å²) < 4.78 is 52.9. The number of amides is 1. The van der Waals surface area contributed by atoms with Crippen molar-refractivity contribution in [2.24, 2.45) is 0 Å². The number of halogens is 3. The molecule has 1 fully saturated rings. The zero-order chi connectivity index (χ0) is 24.1. The van der Waals surface area contributed by atoms with Crippen molar-refractivity contribution in [1.29, 1.82) is 0 Å². The number of carbonyl (C=O) groups is 1. The molecule has 33 heavy (non-hydrogen) atoms. The van der Waals surface area contributed by atoms with Crippen LogP contribution in [0.25, 0.3) is 11.1 Å². The van der Waals surface area contributed by atoms with Crippen molar-refractivity contribution in [2.45, 2.75) is 58.2 Å². The number of ether oxygens (including phenoxy) is 3. The third kappa shape index (κ3) is 9.21. The van der Waals surface area contributed by atoms with E-state index in [0.29, 0.717) is 29.5 Å². The summed E-state index contributed by atoms with van der Waals surface area (Å²) in [6.07, 6.45) is -3.02. The highest BCUT2D eigenvalue weighted by molar-refractivity contribution is 5.68. The molecule has 0 aliphatic heterocycles. The molecule has 1 saturated carbocycles. The first kappa shape index (κ1) is 24.7. The summed E-state index contributed by atoms with van der Waals surface area (Å²) in [4.78, 5) is 11.8. The Morgan fingerprint density at radius 1 is 1.03 bits per heavy atom. The number of hydrogen-bond donors (Lipinski definition) is 2. The van der Waals surface area contributed by atoms with Gasteiger partial charge in [0.25, 0.3) is 0 Å². The Balaban J connectivity index is 1.70. The Hall–Kier alpha value is -2.94. The number of alkyl halides is 3. The van der Waals surface area contributed by atoms with Crippen LogP contribution in [0.5, 0.6) is 11.5 Å². The van der Waals surface area contributed by atoms with Crippen molar-refractivity contribution in [2.75, 3.05) is 13.2 Å². The molecule has 0 saturated heterocycles. The number of alkyl carbamates (subject to hydrolysis) is 1. The fourth-order valence-electron chi connectivity index (χ4n) is 3.07. The lowest BCUT2D eigenvalue weighted by Gasteiger charge is -2.19. The fraction of sp³-hybridized carbons (Fsp3) is 0.458. The summed E-state index contributed by atoms with van der Waals surface area (Å²) in [5.74, 6) is 0.263. The van der Waals surface area contributed by atoms with Crippen LogP contribution in [-0.2, 0) is 11.3 Å². The van der Waals surface area contributed by atoms with E-state index < -0.39 is 18.1 Å². The van der Waals surface area contributed by atoms with Crippen LogP contribution < -0.4 is 20.1 Å². The van der Waals surface area contributed by atoms with Gasteiger partial charge in [-0.25, -0.2) is 4.79 Å². The lowest BCUT2D eigenvalue weighted by Crippen LogP contribution is -2.34. The van der Waals surface area contributed by atoms with E-state index >= 15 is 0 Å². The molecular formula is C24H29F3N2O4. The van der Waals surface area contributed by atoms with Crippen LogP contribution in [0.2, 0.25) is 0 Å². The second-order valence-electron chi connectivity index (χ2n) is 8.87. The molecule has 0 aromatic heterocycles. The van der Waals surface area contributed by atoms with E-state index in [1.165, 1.54) is 18.2 Å². The fourth-order valence-corrected chi connectivity index (χ4v) is 3.07. The van der Waals surface area contributed by atoms with Gasteiger partial charge in [0.2, 0.25) is 0 Å². The van der Waals surface area contributed by atoms with Crippen LogP contribution in [0.15, 0.2) is 42.5 Å². The van der Waals surface area contributed by atoms with Crippen molar-refractivity contribution in [1.82, 2.24) is 10.6 Å². The minimum atomic E-state index is -4.76. The van der Waals surface area contributed by atoms with Crippen LogP contribution in [0.1, 0.15) is 39.2 Å². The molecule has 180 valence electrons. The van der Waals surface area contributed by atoms with Gasteiger partial charge in [-0.15, -0.1) is 13.2 Å². The Morgan fingerprint density at radius 2 is 1.76 bits per heavy atom. The molecule has 1 aliphatic carbocycles. The summed E-state index contributed by atoms with van der Waals surface area (Å²) in [5, 5.41) is 6.05. The van der Waals surface area contributed by atoms with Gasteiger partial charge in [-0.2, -0.15) is 0 Å². The van der Waals surface area contributed by atoms with Crippen LogP contribution in [0.3, 0.4) is 0 Å². The Bertz CT molecular complexity index is 953. The first-order valence-corrected chi connectivity index (χ1v) is 10.8. The quantitative estimate of drug-likeness (QED) is 0.484. The van der Waals surface area contributed by atoms with Crippen molar-refractivity contribution < 1.29 is 32.2 Å². The van der Waals surface area contributed by atoms with Crippen molar-refractivity contribution >= 4 is 6.09 Å². The van der Waals surface area contributed by atoms with Gasteiger partial charge < -0.3 is 24.8 Å². The average molecular weight is 467 g/mol. The second kappa shape index (κ2) is 10.3. The third-order valence-corrected chi connectivity index (χ3v) is 4.58. The highest BCUT2D eigenvalue weighted by atomic mass is 19.4. The lowest BCUT2D eigenvalue weighted by atomic mass is 10.0. The van der Waals surface area contributed by atoms with Gasteiger partial charge in [-0.05, 0) is 80.6 Å². The number of hydrogen-bond acceptors (Lipinski definition) is 5. The van der Waals surface area contributed by atoms with Crippen molar-refractivity contribution in [3.63, 3.8) is 0 Å². The molecule has 3 rings (SSSR count). The predicted molar refractivity (Wildman–Crippen MR) is 118 cm³/mol. The summed E-state index contributed by atoms with van der Waals surface area (Å²) in [6, 6.07) is 11.9. The van der Waals surface area contributed by atoms with Crippen LogP contribution >= 0.6 is 0 Å². The van der Waals surface area contributed by atoms with E-state index in [0.717, 1.165) is 18.4 Å². The molecule has 9 heteroatoms. The van der Waals surface area contributed by atoms with Gasteiger partial charge in [0.05, 0.1) is 6.54 Å². The SMILES string of the molecule is CC(C)(C)OC(=O)NCCOc1cc(CNC2CC2)cc(-c2cccc(OC(F)(F)F)c2)c1. The van der Waals surface area contributed by atoms with Gasteiger partial charge in [0.1, 0.15) is 23.7 Å². The molecule has 0 spiro atoms. The van der Waals surface area contributed by atoms with Crippen molar-refractivity contribution in [3.05, 3.63) is 48.0 Å². The highest BCUT2D eigenvalue weighted by Crippen LogP contribution is 2.31. The Kier molecular flexibility index (Phi) is 7.73. The predicted octanol–water partition coefficient (Wildman–Crippen LogP) is 5.41. The Morgan fingerprint density at radius 3 is 2.42 bits per heavy atom. The molecular weight excluding hydrogens is 437 g/mol. The maximum Gasteiger partial charge on any atom is 0.573 e. The summed E-state index contributed by atoms with van der Waals surface area (Å²) in [6.45, 7) is 6.39. The molecule has 0 unspecified atom stereocenters. The van der Waals surface area contributed by atoms with Gasteiger partial charge in [0.15, 0.2) is 0 Å². The summed E-state index contributed by atoms with van der Waals surface area (Å²) >= 11 is 0. The molecule has 6 nitrogen and oxygen atoms in total. The standard InChI is InChI=1S/C24H29F3N2O4/c1-23(2,3)33-22(30)28-9-10-31-21-12-16(15-29-19-7-8-19)11-18(14-21)17-5-4-6-20(13-17)32-24(25,26)27/h4-6,11-14,19,29H,7-10,15H2,1-3H3,(H,28,30). The first-order chi connectivity index (χ1) is 15.5. The zero-order valence-corrected chi connectivity index (χ0v) is 18.9. The smallest absolute Gasteiger partial charge is 0.492 e. The zero-order valence-electron chi connectivity index (χ0n) is 18.9. The summed E-state index contributed by atoms with van der Waals surface area (Å²) in [7, 11) is 0. The second-order valence-corrected chi connectivity index (χ2v) is 8.87. The number of rotatable bonds is 9. The number of nitrogens with one attached hydrogen (secondary N) is 2. The molecule has 0 atom stereocenters. The van der Waals surface area contributed by atoms with Gasteiger partial charge in [-0.1, -0.05) is 12.1 Å². The minimum Gasteiger partial charge on any atom is -0.492 e. The molecule has 0 radical (unpaired) electrons. The van der Waals surface area contributed by atoms with Crippen LogP contribution in [0.4, 0.5) is 18.0 Å². The van der Waals surface area contributed by atoms with Crippen LogP contribution in [0, 0.1) is 0 Å². The Labute approximate surface area is 191 Å². The number of carbonyl (C=O) groups excluding carboxylic acids is 1. The molecule has 2 aromatic carbocycles. The van der Waals surface area contributed by atoms with E-state index in [1.54, 1.807) is 32.9 Å². The summed E-state index contributed by atoms with van der Waals surface area (Å²) in [5.41, 5.74) is 1.62. The normalized spacial score (nSPS) is 14.0. The monoisotopic (exact) mass is 466 g/mol. The maximum absolute atomic E-state index is 12.6. The molecule has 0 bridgehead atoms. The van der Waals surface area contributed by atoms with Gasteiger partial charge in [0, 0.05) is 12.6 Å². The van der Waals surface area contributed by atoms with E-state index in [-0.39, 0.29) is 18.9 Å². The van der Waals surface area contributed by atoms with E-state index in [2.05, 4.69) is 15.4 Å². The first-order valence-electron chi connectivity index (χ1n) is 10.8. The highest BCUT2D eigenvalue weighted by Gasteiger charge is 2.31. The van der Waals surface area contributed by atoms with E-state index in [1.807, 2.05) is 12.1 Å². The van der Waals surface area contributed by atoms with Crippen molar-refractivity contribution in [3.8, 4) is 22.6 Å². The lowest BCUT2D eigenvalue weighted by molar-refractivity contribution is -0.274. The van der Waals surface area contributed by atoms with E-state index in [9.17, 15) is 18.0 Å². The molecule has 0 heterocycles. The van der Waals surface area contributed by atoms with Gasteiger partial charge >= 0.3 is 12.5 Å². The minimum absolute atomic E-state index is 0.204. The molecule has 1 amide bonds. The van der Waals surface area contributed by atoms with Gasteiger partial charge in [-0.3, -0.25) is 0 Å². The molecule has 2 aromatic rings. The number of benzene rings is 2. The van der Waals surface area contributed by atoms with E-state index in [4.69, 9.17) is 9.47 Å².